The van der Waals surface area contributed by atoms with E-state index in [4.69, 9.17) is 4.74 Å². The zero-order valence-corrected chi connectivity index (χ0v) is 8.37. The van der Waals surface area contributed by atoms with E-state index in [0.29, 0.717) is 0 Å². The van der Waals surface area contributed by atoms with Crippen molar-refractivity contribution in [3.05, 3.63) is 12.2 Å². The molecule has 5 heteroatoms. The molecule has 5 nitrogen and oxygen atoms in total. The Bertz CT molecular complexity index is 221. The van der Waals surface area contributed by atoms with Gasteiger partial charge in [-0.1, -0.05) is 6.58 Å². The molecule has 0 saturated carbocycles. The molecule has 0 saturated heterocycles. The number of methoxy groups -OCH3 is 2. The Kier molecular flexibility index (Phi) is 6.39. The third-order valence-electron chi connectivity index (χ3n) is 1.43. The van der Waals surface area contributed by atoms with E-state index in [1.165, 1.54) is 14.2 Å². The van der Waals surface area contributed by atoms with Crippen LogP contribution in [0, 0.1) is 0 Å². The van der Waals surface area contributed by atoms with Crippen molar-refractivity contribution in [1.29, 1.82) is 0 Å². The summed E-state index contributed by atoms with van der Waals surface area (Å²) >= 11 is 0. The Morgan fingerprint density at radius 3 is 2.36 bits per heavy atom. The fourth-order valence-electron chi connectivity index (χ4n) is 0.656. The zero-order chi connectivity index (χ0) is 11.0. The molecule has 0 heterocycles. The van der Waals surface area contributed by atoms with Gasteiger partial charge in [-0.2, -0.15) is 0 Å². The Morgan fingerprint density at radius 2 is 1.86 bits per heavy atom. The van der Waals surface area contributed by atoms with Gasteiger partial charge in [-0.15, -0.1) is 0 Å². The molecule has 80 valence electrons. The highest BCUT2D eigenvalue weighted by Crippen LogP contribution is 1.95. The van der Waals surface area contributed by atoms with Crippen LogP contribution in [-0.2, 0) is 23.8 Å². The molecule has 0 N–H and O–H groups in total. The van der Waals surface area contributed by atoms with Gasteiger partial charge in [0, 0.05) is 0 Å². The van der Waals surface area contributed by atoms with Crippen molar-refractivity contribution >= 4 is 11.9 Å². The second kappa shape index (κ2) is 7.08. The normalized spacial score (nSPS) is 9.29. The molecule has 0 spiro atoms. The second-order valence-electron chi connectivity index (χ2n) is 2.47. The molecule has 0 aliphatic heterocycles. The van der Waals surface area contributed by atoms with E-state index in [1.54, 1.807) is 0 Å². The maximum Gasteiger partial charge on any atom is 0.335 e. The smallest absolute Gasteiger partial charge is 0.335 e. The first-order valence-electron chi connectivity index (χ1n) is 4.02. The van der Waals surface area contributed by atoms with Crippen LogP contribution in [-0.4, -0.2) is 39.4 Å². The fraction of sp³-hybridized carbons (Fsp3) is 0.556. The van der Waals surface area contributed by atoms with Crippen LogP contribution in [0.25, 0.3) is 0 Å². The van der Waals surface area contributed by atoms with Crippen molar-refractivity contribution in [3.8, 4) is 0 Å². The van der Waals surface area contributed by atoms with Crippen LogP contribution in [0.3, 0.4) is 0 Å². The van der Waals surface area contributed by atoms with Crippen LogP contribution in [0.5, 0.6) is 0 Å². The van der Waals surface area contributed by atoms with Crippen molar-refractivity contribution < 1.29 is 23.8 Å². The molecule has 14 heavy (non-hydrogen) atoms. The van der Waals surface area contributed by atoms with Gasteiger partial charge in [0.05, 0.1) is 39.4 Å². The van der Waals surface area contributed by atoms with E-state index >= 15 is 0 Å². The van der Waals surface area contributed by atoms with Crippen molar-refractivity contribution in [3.63, 3.8) is 0 Å². The third kappa shape index (κ3) is 5.31. The van der Waals surface area contributed by atoms with Gasteiger partial charge < -0.3 is 14.2 Å². The number of hydrogen-bond donors (Lipinski definition) is 0. The van der Waals surface area contributed by atoms with Crippen LogP contribution in [0.1, 0.15) is 6.42 Å². The van der Waals surface area contributed by atoms with Gasteiger partial charge in [-0.25, -0.2) is 4.79 Å². The van der Waals surface area contributed by atoms with Crippen LogP contribution < -0.4 is 0 Å². The SMILES string of the molecule is C=C(COCCC(=O)OC)C(=O)OC. The van der Waals surface area contributed by atoms with Crippen molar-refractivity contribution in [2.24, 2.45) is 0 Å². The molecule has 0 aliphatic rings. The molecule has 0 unspecified atom stereocenters. The Hall–Kier alpha value is -1.36. The molecule has 0 amide bonds. The highest BCUT2D eigenvalue weighted by Gasteiger charge is 2.06. The Morgan fingerprint density at radius 1 is 1.21 bits per heavy atom. The molecule has 0 bridgehead atoms. The van der Waals surface area contributed by atoms with Gasteiger partial charge in [0.15, 0.2) is 0 Å². The molecule has 0 radical (unpaired) electrons. The zero-order valence-electron chi connectivity index (χ0n) is 8.37. The molecular weight excluding hydrogens is 188 g/mol. The third-order valence-corrected chi connectivity index (χ3v) is 1.43. The molecule has 0 atom stereocenters. The Labute approximate surface area is 82.6 Å². The predicted molar refractivity (Wildman–Crippen MR) is 48.6 cm³/mol. The summed E-state index contributed by atoms with van der Waals surface area (Å²) in [6.45, 7) is 3.70. The number of hydrogen-bond acceptors (Lipinski definition) is 5. The van der Waals surface area contributed by atoms with E-state index in [-0.39, 0.29) is 31.2 Å². The lowest BCUT2D eigenvalue weighted by Gasteiger charge is -2.04. The number of carbonyl (C=O) groups excluding carboxylic acids is 2. The number of rotatable bonds is 6. The van der Waals surface area contributed by atoms with Gasteiger partial charge >= 0.3 is 11.9 Å². The average Bonchev–Trinajstić information content (AvgIpc) is 2.22. The summed E-state index contributed by atoms with van der Waals surface area (Å²) < 4.78 is 13.8. The summed E-state index contributed by atoms with van der Waals surface area (Å²) in [6, 6.07) is 0. The summed E-state index contributed by atoms with van der Waals surface area (Å²) in [5.74, 6) is -0.864. The van der Waals surface area contributed by atoms with E-state index in [1.807, 2.05) is 0 Å². The molecule has 0 rings (SSSR count). The summed E-state index contributed by atoms with van der Waals surface area (Å²) in [5, 5.41) is 0. The molecule has 0 aromatic heterocycles. The fourth-order valence-corrected chi connectivity index (χ4v) is 0.656. The average molecular weight is 202 g/mol. The minimum Gasteiger partial charge on any atom is -0.469 e. The van der Waals surface area contributed by atoms with Gasteiger partial charge in [0.2, 0.25) is 0 Å². The lowest BCUT2D eigenvalue weighted by Crippen LogP contribution is -2.12. The van der Waals surface area contributed by atoms with Gasteiger partial charge in [0.1, 0.15) is 0 Å². The van der Waals surface area contributed by atoms with E-state index in [0.717, 1.165) is 0 Å². The molecular formula is C9H14O5. The predicted octanol–water partition coefficient (Wildman–Crippen LogP) is 0.295. The second-order valence-corrected chi connectivity index (χ2v) is 2.47. The first kappa shape index (κ1) is 12.6. The summed E-state index contributed by atoms with van der Waals surface area (Å²) in [5.41, 5.74) is 0.220. The minimum atomic E-state index is -0.511. The topological polar surface area (TPSA) is 61.8 Å². The number of esters is 2. The van der Waals surface area contributed by atoms with E-state index < -0.39 is 5.97 Å². The Balaban J connectivity index is 3.50. The van der Waals surface area contributed by atoms with Gasteiger partial charge in [-0.05, 0) is 0 Å². The maximum absolute atomic E-state index is 10.8. The summed E-state index contributed by atoms with van der Waals surface area (Å²) in [4.78, 5) is 21.4. The van der Waals surface area contributed by atoms with Crippen molar-refractivity contribution in [2.45, 2.75) is 6.42 Å². The van der Waals surface area contributed by atoms with Crippen LogP contribution in [0.15, 0.2) is 12.2 Å². The van der Waals surface area contributed by atoms with Gasteiger partial charge in [-0.3, -0.25) is 4.79 Å². The van der Waals surface area contributed by atoms with Crippen LogP contribution >= 0.6 is 0 Å². The number of ether oxygens (including phenoxy) is 3. The van der Waals surface area contributed by atoms with Crippen molar-refractivity contribution in [2.75, 3.05) is 27.4 Å². The van der Waals surface area contributed by atoms with Crippen molar-refractivity contribution in [1.82, 2.24) is 0 Å². The monoisotopic (exact) mass is 202 g/mol. The lowest BCUT2D eigenvalue weighted by molar-refractivity contribution is -0.141. The van der Waals surface area contributed by atoms with Crippen LogP contribution in [0.2, 0.25) is 0 Å². The highest BCUT2D eigenvalue weighted by atomic mass is 16.5. The molecule has 0 aromatic carbocycles. The number of carbonyl (C=O) groups is 2. The summed E-state index contributed by atoms with van der Waals surface area (Å²) in [6.07, 6.45) is 0.158. The quantitative estimate of drug-likeness (QED) is 0.352. The largest absolute Gasteiger partial charge is 0.469 e. The molecule has 0 aromatic rings. The lowest BCUT2D eigenvalue weighted by atomic mass is 10.3. The van der Waals surface area contributed by atoms with Gasteiger partial charge in [0.25, 0.3) is 0 Å². The summed E-state index contributed by atoms with van der Waals surface area (Å²) in [7, 11) is 2.57. The maximum atomic E-state index is 10.8. The standard InChI is InChI=1S/C9H14O5/c1-7(9(11)13-3)6-14-5-4-8(10)12-2/h1,4-6H2,2-3H3. The molecule has 0 fully saturated rings. The van der Waals surface area contributed by atoms with E-state index in [2.05, 4.69) is 16.1 Å². The minimum absolute atomic E-state index is 0.0592. The van der Waals surface area contributed by atoms with E-state index in [9.17, 15) is 9.59 Å². The highest BCUT2D eigenvalue weighted by molar-refractivity contribution is 5.87. The van der Waals surface area contributed by atoms with Crippen LogP contribution in [0.4, 0.5) is 0 Å². The first-order valence-corrected chi connectivity index (χ1v) is 4.02. The first-order chi connectivity index (χ1) is 6.61. The molecule has 0 aliphatic carbocycles.